The van der Waals surface area contributed by atoms with E-state index >= 15 is 0 Å². The smallest absolute Gasteiger partial charge is 0.226 e. The second-order valence-corrected chi connectivity index (χ2v) is 7.01. The molecule has 1 saturated heterocycles. The Bertz CT molecular complexity index is 571. The van der Waals surface area contributed by atoms with E-state index in [1.165, 1.54) is 0 Å². The number of piperidine rings is 1. The molecule has 0 N–H and O–H groups in total. The molecule has 0 aromatic heterocycles. The predicted octanol–water partition coefficient (Wildman–Crippen LogP) is 3.12. The fourth-order valence-corrected chi connectivity index (χ4v) is 3.54. The Morgan fingerprint density at radius 1 is 1.08 bits per heavy atom. The first kappa shape index (κ1) is 20.3. The summed E-state index contributed by atoms with van der Waals surface area (Å²) in [6.45, 7) is 7.24. The zero-order valence-electron chi connectivity index (χ0n) is 16.4. The monoisotopic (exact) mass is 360 g/mol. The number of benzene rings is 1. The number of amides is 2. The van der Waals surface area contributed by atoms with Crippen LogP contribution in [0.25, 0.3) is 0 Å². The van der Waals surface area contributed by atoms with E-state index in [4.69, 9.17) is 4.74 Å². The van der Waals surface area contributed by atoms with Crippen molar-refractivity contribution in [1.29, 1.82) is 0 Å². The molecule has 5 heteroatoms. The van der Waals surface area contributed by atoms with Crippen LogP contribution in [-0.4, -0.2) is 54.9 Å². The molecule has 1 aliphatic rings. The van der Waals surface area contributed by atoms with Crippen LogP contribution in [0.2, 0.25) is 0 Å². The molecule has 1 aromatic rings. The molecule has 5 nitrogen and oxygen atoms in total. The van der Waals surface area contributed by atoms with Gasteiger partial charge >= 0.3 is 0 Å². The van der Waals surface area contributed by atoms with Crippen molar-refractivity contribution in [2.45, 2.75) is 46.0 Å². The first-order valence-corrected chi connectivity index (χ1v) is 9.78. The number of rotatable bonds is 8. The third-order valence-electron chi connectivity index (χ3n) is 5.01. The van der Waals surface area contributed by atoms with E-state index in [0.717, 1.165) is 50.1 Å². The van der Waals surface area contributed by atoms with Gasteiger partial charge in [-0.15, -0.1) is 0 Å². The topological polar surface area (TPSA) is 49.9 Å². The van der Waals surface area contributed by atoms with Crippen molar-refractivity contribution < 1.29 is 14.3 Å². The highest BCUT2D eigenvalue weighted by molar-refractivity contribution is 5.81. The summed E-state index contributed by atoms with van der Waals surface area (Å²) in [5, 5.41) is 0. The van der Waals surface area contributed by atoms with Crippen LogP contribution in [-0.2, 0) is 16.0 Å². The summed E-state index contributed by atoms with van der Waals surface area (Å²) in [5.74, 6) is 1.28. The van der Waals surface area contributed by atoms with Crippen LogP contribution < -0.4 is 4.74 Å². The molecule has 1 aliphatic heterocycles. The average molecular weight is 360 g/mol. The summed E-state index contributed by atoms with van der Waals surface area (Å²) in [4.78, 5) is 29.2. The van der Waals surface area contributed by atoms with Crippen LogP contribution in [0, 0.1) is 5.92 Å². The fourth-order valence-electron chi connectivity index (χ4n) is 3.54. The molecule has 2 rings (SSSR count). The zero-order valence-corrected chi connectivity index (χ0v) is 16.4. The molecule has 1 heterocycles. The van der Waals surface area contributed by atoms with Crippen LogP contribution in [0.4, 0.5) is 0 Å². The van der Waals surface area contributed by atoms with Gasteiger partial charge in [-0.05, 0) is 43.4 Å². The summed E-state index contributed by atoms with van der Waals surface area (Å²) < 4.78 is 5.15. The van der Waals surface area contributed by atoms with Gasteiger partial charge in [0, 0.05) is 32.1 Å². The van der Waals surface area contributed by atoms with Gasteiger partial charge in [-0.25, -0.2) is 0 Å². The highest BCUT2D eigenvalue weighted by atomic mass is 16.5. The van der Waals surface area contributed by atoms with Crippen molar-refractivity contribution in [3.63, 3.8) is 0 Å². The first-order chi connectivity index (χ1) is 12.6. The summed E-state index contributed by atoms with van der Waals surface area (Å²) in [7, 11) is 1.63. The van der Waals surface area contributed by atoms with Crippen molar-refractivity contribution in [2.75, 3.05) is 33.3 Å². The van der Waals surface area contributed by atoms with E-state index in [1.54, 1.807) is 7.11 Å². The molecule has 0 unspecified atom stereocenters. The summed E-state index contributed by atoms with van der Waals surface area (Å²) in [6.07, 6.45) is 3.94. The molecule has 144 valence electrons. The van der Waals surface area contributed by atoms with Crippen molar-refractivity contribution in [3.05, 3.63) is 29.8 Å². The Morgan fingerprint density at radius 2 is 1.65 bits per heavy atom. The Balaban J connectivity index is 1.84. The van der Waals surface area contributed by atoms with Crippen molar-refractivity contribution >= 4 is 11.8 Å². The maximum absolute atomic E-state index is 12.7. The molecule has 0 saturated carbocycles. The van der Waals surface area contributed by atoms with E-state index < -0.39 is 0 Å². The molecule has 0 bridgehead atoms. The number of nitrogens with zero attached hydrogens (tertiary/aromatic N) is 2. The van der Waals surface area contributed by atoms with Gasteiger partial charge in [-0.1, -0.05) is 26.0 Å². The van der Waals surface area contributed by atoms with Crippen LogP contribution >= 0.6 is 0 Å². The lowest BCUT2D eigenvalue weighted by Gasteiger charge is -2.34. The van der Waals surface area contributed by atoms with E-state index in [2.05, 4.69) is 13.8 Å². The summed E-state index contributed by atoms with van der Waals surface area (Å²) in [6, 6.07) is 7.62. The van der Waals surface area contributed by atoms with E-state index in [1.807, 2.05) is 34.1 Å². The number of carbonyl (C=O) groups is 2. The lowest BCUT2D eigenvalue weighted by Crippen LogP contribution is -2.45. The number of likely N-dealkylation sites (tertiary alicyclic amines) is 1. The Morgan fingerprint density at radius 3 is 2.15 bits per heavy atom. The highest BCUT2D eigenvalue weighted by Gasteiger charge is 2.29. The molecule has 1 aromatic carbocycles. The van der Waals surface area contributed by atoms with E-state index in [-0.39, 0.29) is 17.7 Å². The maximum atomic E-state index is 12.7. The molecule has 0 aliphatic carbocycles. The fraction of sp³-hybridized carbons (Fsp3) is 0.619. The van der Waals surface area contributed by atoms with Crippen molar-refractivity contribution in [3.8, 4) is 5.75 Å². The average Bonchev–Trinajstić information content (AvgIpc) is 2.68. The standard InChI is InChI=1S/C21H32N2O3/c1-4-12-23(13-5-2)21(25)18-10-14-22(15-11-18)20(24)16-17-6-8-19(26-3)9-7-17/h6-9,18H,4-5,10-16H2,1-3H3. The Kier molecular flexibility index (Phi) is 7.95. The third kappa shape index (κ3) is 5.48. The predicted molar refractivity (Wildman–Crippen MR) is 103 cm³/mol. The largest absolute Gasteiger partial charge is 0.497 e. The molecule has 0 spiro atoms. The summed E-state index contributed by atoms with van der Waals surface area (Å²) >= 11 is 0. The number of hydrogen-bond acceptors (Lipinski definition) is 3. The maximum Gasteiger partial charge on any atom is 0.226 e. The van der Waals surface area contributed by atoms with Crippen LogP contribution in [0.15, 0.2) is 24.3 Å². The number of carbonyl (C=O) groups excluding carboxylic acids is 2. The van der Waals surface area contributed by atoms with Gasteiger partial charge < -0.3 is 14.5 Å². The summed E-state index contributed by atoms with van der Waals surface area (Å²) in [5.41, 5.74) is 0.992. The Hall–Kier alpha value is -2.04. The van der Waals surface area contributed by atoms with Crippen LogP contribution in [0.5, 0.6) is 5.75 Å². The quantitative estimate of drug-likeness (QED) is 0.716. The minimum absolute atomic E-state index is 0.0677. The normalized spacial score (nSPS) is 15.0. The number of hydrogen-bond donors (Lipinski definition) is 0. The van der Waals surface area contributed by atoms with Gasteiger partial charge in [0.25, 0.3) is 0 Å². The van der Waals surface area contributed by atoms with Gasteiger partial charge in [0.15, 0.2) is 0 Å². The van der Waals surface area contributed by atoms with Crippen molar-refractivity contribution in [2.24, 2.45) is 5.92 Å². The Labute approximate surface area is 157 Å². The van der Waals surface area contributed by atoms with Crippen molar-refractivity contribution in [1.82, 2.24) is 9.80 Å². The molecule has 1 fully saturated rings. The SMILES string of the molecule is CCCN(CCC)C(=O)C1CCN(C(=O)Cc2ccc(OC)cc2)CC1. The zero-order chi connectivity index (χ0) is 18.9. The van der Waals surface area contributed by atoms with Gasteiger partial charge in [0.2, 0.25) is 11.8 Å². The highest BCUT2D eigenvalue weighted by Crippen LogP contribution is 2.21. The molecule has 0 radical (unpaired) electrons. The van der Waals surface area contributed by atoms with Gasteiger partial charge in [-0.2, -0.15) is 0 Å². The van der Waals surface area contributed by atoms with Crippen LogP contribution in [0.1, 0.15) is 45.1 Å². The lowest BCUT2D eigenvalue weighted by molar-refractivity contribution is -0.140. The van der Waals surface area contributed by atoms with Crippen LogP contribution in [0.3, 0.4) is 0 Å². The number of methoxy groups -OCH3 is 1. The van der Waals surface area contributed by atoms with E-state index in [0.29, 0.717) is 19.5 Å². The molecule has 26 heavy (non-hydrogen) atoms. The molecular formula is C21H32N2O3. The molecular weight excluding hydrogens is 328 g/mol. The van der Waals surface area contributed by atoms with Gasteiger partial charge in [-0.3, -0.25) is 9.59 Å². The molecule has 2 amide bonds. The third-order valence-corrected chi connectivity index (χ3v) is 5.01. The van der Waals surface area contributed by atoms with Gasteiger partial charge in [0.1, 0.15) is 5.75 Å². The minimum Gasteiger partial charge on any atom is -0.497 e. The first-order valence-electron chi connectivity index (χ1n) is 9.78. The minimum atomic E-state index is 0.0677. The van der Waals surface area contributed by atoms with E-state index in [9.17, 15) is 9.59 Å². The number of ether oxygens (including phenoxy) is 1. The second kappa shape index (κ2) is 10.2. The second-order valence-electron chi connectivity index (χ2n) is 7.01. The lowest BCUT2D eigenvalue weighted by atomic mass is 9.94. The van der Waals surface area contributed by atoms with Gasteiger partial charge in [0.05, 0.1) is 13.5 Å². The molecule has 0 atom stereocenters.